The van der Waals surface area contributed by atoms with Crippen LogP contribution in [0.1, 0.15) is 13.3 Å². The molecule has 1 aliphatic carbocycles. The van der Waals surface area contributed by atoms with Gasteiger partial charge in [-0.25, -0.2) is 0 Å². The van der Waals surface area contributed by atoms with Crippen molar-refractivity contribution >= 4 is 81.5 Å². The second-order valence-corrected chi connectivity index (χ2v) is 16.8. The van der Waals surface area contributed by atoms with Gasteiger partial charge in [0.25, 0.3) is 0 Å². The summed E-state index contributed by atoms with van der Waals surface area (Å²) in [6.45, 7) is 2.33. The van der Waals surface area contributed by atoms with Gasteiger partial charge < -0.3 is 9.80 Å². The Kier molecular flexibility index (Phi) is 9.10. The van der Waals surface area contributed by atoms with E-state index in [2.05, 4.69) is 235 Å². The standard InChI is InChI=1S/C57H42N2S/c1-39-15-11-14-24-54(39)59(44-20-9-4-10-21-44)47-33-35-51-53(37-47)49-22-12-13-23-50(49)56-52-36-34-48(38-55(52)60-57(51)56)58(45-29-25-42(26-30-45)40-16-5-2-6-17-40)46-31-27-43(28-32-46)41-18-7-3-8-19-41/h2-14,16-39H,15H2,1H3. The average molecular weight is 787 g/mol. The molecule has 2 nitrogen and oxygen atoms in total. The molecule has 0 bridgehead atoms. The highest BCUT2D eigenvalue weighted by molar-refractivity contribution is 7.27. The third kappa shape index (κ3) is 6.36. The van der Waals surface area contributed by atoms with E-state index in [1.165, 1.54) is 81.0 Å². The van der Waals surface area contributed by atoms with Crippen molar-refractivity contribution in [2.45, 2.75) is 13.3 Å². The topological polar surface area (TPSA) is 6.48 Å². The predicted octanol–water partition coefficient (Wildman–Crippen LogP) is 16.8. The maximum absolute atomic E-state index is 2.46. The lowest BCUT2D eigenvalue weighted by Crippen LogP contribution is -2.22. The van der Waals surface area contributed by atoms with Crippen LogP contribution in [0.2, 0.25) is 0 Å². The molecular formula is C57H42N2S. The fourth-order valence-electron chi connectivity index (χ4n) is 9.08. The van der Waals surface area contributed by atoms with Crippen LogP contribution in [0, 0.1) is 5.92 Å². The van der Waals surface area contributed by atoms with E-state index >= 15 is 0 Å². The van der Waals surface area contributed by atoms with Crippen molar-refractivity contribution in [2.24, 2.45) is 5.92 Å². The van der Waals surface area contributed by atoms with Gasteiger partial charge in [0.1, 0.15) is 0 Å². The third-order valence-corrected chi connectivity index (χ3v) is 13.2. The zero-order chi connectivity index (χ0) is 40.0. The van der Waals surface area contributed by atoms with Crippen molar-refractivity contribution in [2.75, 3.05) is 9.80 Å². The van der Waals surface area contributed by atoms with Crippen molar-refractivity contribution in [3.05, 3.63) is 224 Å². The number of nitrogens with zero attached hydrogens (tertiary/aromatic N) is 2. The monoisotopic (exact) mass is 786 g/mol. The molecule has 286 valence electrons. The molecule has 60 heavy (non-hydrogen) atoms. The smallest absolute Gasteiger partial charge is 0.0476 e. The molecule has 0 fully saturated rings. The predicted molar refractivity (Wildman–Crippen MR) is 259 cm³/mol. The number of fused-ring (bicyclic) bond motifs is 8. The first kappa shape index (κ1) is 35.9. The van der Waals surface area contributed by atoms with Crippen LogP contribution in [0.5, 0.6) is 0 Å². The van der Waals surface area contributed by atoms with Gasteiger partial charge in [-0.3, -0.25) is 0 Å². The summed E-state index contributed by atoms with van der Waals surface area (Å²) in [5.74, 6) is 0.407. The van der Waals surface area contributed by atoms with Crippen LogP contribution in [-0.2, 0) is 0 Å². The molecule has 0 N–H and O–H groups in total. The summed E-state index contributed by atoms with van der Waals surface area (Å²) in [5, 5.41) is 7.76. The van der Waals surface area contributed by atoms with Crippen molar-refractivity contribution in [1.29, 1.82) is 0 Å². The van der Waals surface area contributed by atoms with E-state index in [-0.39, 0.29) is 0 Å². The minimum absolute atomic E-state index is 0.407. The molecule has 3 heteroatoms. The molecule has 1 aliphatic rings. The van der Waals surface area contributed by atoms with Crippen LogP contribution < -0.4 is 9.80 Å². The summed E-state index contributed by atoms with van der Waals surface area (Å²) in [4.78, 5) is 4.85. The summed E-state index contributed by atoms with van der Waals surface area (Å²) in [6, 6.07) is 73.1. The van der Waals surface area contributed by atoms with E-state index in [0.29, 0.717) is 5.92 Å². The molecule has 1 heterocycles. The highest BCUT2D eigenvalue weighted by atomic mass is 32.1. The Morgan fingerprint density at radius 2 is 0.917 bits per heavy atom. The van der Waals surface area contributed by atoms with Gasteiger partial charge in [0, 0.05) is 65.6 Å². The second-order valence-electron chi connectivity index (χ2n) is 15.8. The minimum Gasteiger partial charge on any atom is -0.314 e. The molecule has 1 aromatic heterocycles. The van der Waals surface area contributed by atoms with Gasteiger partial charge in [-0.15, -0.1) is 11.3 Å². The van der Waals surface area contributed by atoms with E-state index < -0.39 is 0 Å². The lowest BCUT2D eigenvalue weighted by molar-refractivity contribution is 0.670. The van der Waals surface area contributed by atoms with Gasteiger partial charge in [-0.2, -0.15) is 0 Å². The van der Waals surface area contributed by atoms with Crippen LogP contribution in [0.15, 0.2) is 224 Å². The molecule has 1 unspecified atom stereocenters. The Morgan fingerprint density at radius 1 is 0.417 bits per heavy atom. The molecular weight excluding hydrogens is 745 g/mol. The normalized spacial score (nSPS) is 13.9. The number of hydrogen-bond acceptors (Lipinski definition) is 3. The zero-order valence-electron chi connectivity index (χ0n) is 33.4. The molecule has 0 saturated carbocycles. The Labute approximate surface area is 355 Å². The second kappa shape index (κ2) is 15.2. The number of benzene rings is 9. The summed E-state index contributed by atoms with van der Waals surface area (Å²) in [5.41, 5.74) is 11.9. The SMILES string of the molecule is CC1CC=CC=C1N(c1ccccc1)c1ccc2c(c1)c1ccccc1c1c3ccc(N(c4ccc(-c5ccccc5)cc4)c4ccc(-c5ccccc5)cc4)cc3sc21. The van der Waals surface area contributed by atoms with E-state index in [4.69, 9.17) is 0 Å². The molecule has 11 rings (SSSR count). The number of thiophene rings is 1. The van der Waals surface area contributed by atoms with Crippen LogP contribution in [0.3, 0.4) is 0 Å². The number of allylic oxidation sites excluding steroid dienone is 4. The Hall–Kier alpha value is -7.20. The lowest BCUT2D eigenvalue weighted by Gasteiger charge is -2.32. The van der Waals surface area contributed by atoms with Crippen molar-refractivity contribution < 1.29 is 0 Å². The fraction of sp³-hybridized carbons (Fsp3) is 0.0526. The third-order valence-electron chi connectivity index (χ3n) is 12.1. The number of anilines is 5. The zero-order valence-corrected chi connectivity index (χ0v) is 34.2. The molecule has 0 saturated heterocycles. The highest BCUT2D eigenvalue weighted by Crippen LogP contribution is 2.48. The molecule has 1 atom stereocenters. The van der Waals surface area contributed by atoms with Crippen LogP contribution >= 0.6 is 11.3 Å². The molecule has 0 spiro atoms. The maximum atomic E-state index is 2.46. The average Bonchev–Trinajstić information content (AvgIpc) is 3.71. The molecule has 0 radical (unpaired) electrons. The van der Waals surface area contributed by atoms with Gasteiger partial charge in [-0.1, -0.05) is 159 Å². The first-order valence-electron chi connectivity index (χ1n) is 20.8. The molecule has 0 aliphatic heterocycles. The van der Waals surface area contributed by atoms with Gasteiger partial charge in [0.05, 0.1) is 0 Å². The summed E-state index contributed by atoms with van der Waals surface area (Å²) >= 11 is 1.91. The van der Waals surface area contributed by atoms with E-state index in [1.807, 2.05) is 11.3 Å². The Balaban J connectivity index is 1.07. The van der Waals surface area contributed by atoms with E-state index in [9.17, 15) is 0 Å². The van der Waals surface area contributed by atoms with Gasteiger partial charge >= 0.3 is 0 Å². The van der Waals surface area contributed by atoms with Crippen molar-refractivity contribution in [3.63, 3.8) is 0 Å². The first-order valence-corrected chi connectivity index (χ1v) is 21.6. The molecule has 9 aromatic carbocycles. The van der Waals surface area contributed by atoms with Crippen LogP contribution in [0.4, 0.5) is 28.4 Å². The van der Waals surface area contributed by atoms with E-state index in [1.54, 1.807) is 0 Å². The molecule has 10 aromatic rings. The Morgan fingerprint density at radius 3 is 1.53 bits per heavy atom. The lowest BCUT2D eigenvalue weighted by atomic mass is 9.94. The van der Waals surface area contributed by atoms with Crippen molar-refractivity contribution in [3.8, 4) is 22.3 Å². The largest absolute Gasteiger partial charge is 0.314 e. The summed E-state index contributed by atoms with van der Waals surface area (Å²) in [6.07, 6.45) is 7.80. The van der Waals surface area contributed by atoms with Gasteiger partial charge in [0.2, 0.25) is 0 Å². The quantitative estimate of drug-likeness (QED) is 0.142. The minimum atomic E-state index is 0.407. The van der Waals surface area contributed by atoms with Crippen LogP contribution in [-0.4, -0.2) is 0 Å². The maximum Gasteiger partial charge on any atom is 0.0476 e. The first-order chi connectivity index (χ1) is 29.7. The van der Waals surface area contributed by atoms with Gasteiger partial charge in [0.15, 0.2) is 0 Å². The van der Waals surface area contributed by atoms with Crippen LogP contribution in [0.25, 0.3) is 64.0 Å². The Bertz CT molecular complexity index is 3140. The van der Waals surface area contributed by atoms with Gasteiger partial charge in [-0.05, 0) is 112 Å². The van der Waals surface area contributed by atoms with E-state index in [0.717, 1.165) is 23.5 Å². The molecule has 0 amide bonds. The van der Waals surface area contributed by atoms with Crippen molar-refractivity contribution in [1.82, 2.24) is 0 Å². The fourth-order valence-corrected chi connectivity index (χ4v) is 10.4. The summed E-state index contributed by atoms with van der Waals surface area (Å²) in [7, 11) is 0. The number of hydrogen-bond donors (Lipinski definition) is 0. The number of rotatable bonds is 8. The summed E-state index contributed by atoms with van der Waals surface area (Å²) < 4.78 is 2.60. The number of para-hydroxylation sites is 1. The highest BCUT2D eigenvalue weighted by Gasteiger charge is 2.23.